The van der Waals surface area contributed by atoms with Gasteiger partial charge in [-0.25, -0.2) is 13.2 Å². The second-order valence-corrected chi connectivity index (χ2v) is 14.1. The average Bonchev–Trinajstić information content (AvgIpc) is 3.54. The van der Waals surface area contributed by atoms with E-state index in [1.165, 1.54) is 11.4 Å². The summed E-state index contributed by atoms with van der Waals surface area (Å²) in [7, 11) is -0.218. The predicted molar refractivity (Wildman–Crippen MR) is 185 cm³/mol. The molecule has 2 heterocycles. The van der Waals surface area contributed by atoms with Gasteiger partial charge in [0, 0.05) is 47.6 Å². The molecule has 0 aliphatic rings. The lowest BCUT2D eigenvalue weighted by atomic mass is 9.98. The van der Waals surface area contributed by atoms with Gasteiger partial charge in [-0.15, -0.1) is 11.6 Å². The number of halogens is 2. The van der Waals surface area contributed by atoms with E-state index in [-0.39, 0.29) is 24.8 Å². The first-order chi connectivity index (χ1) is 22.1. The number of aryl methyl sites for hydroxylation is 2. The van der Waals surface area contributed by atoms with Gasteiger partial charge in [-0.3, -0.25) is 4.68 Å². The molecule has 5 aromatic rings. The van der Waals surface area contributed by atoms with E-state index in [1.807, 2.05) is 43.3 Å². The van der Waals surface area contributed by atoms with E-state index in [9.17, 15) is 13.2 Å². The van der Waals surface area contributed by atoms with E-state index in [0.29, 0.717) is 58.9 Å². The van der Waals surface area contributed by atoms with Gasteiger partial charge in [0.2, 0.25) is 10.0 Å². The lowest BCUT2D eigenvalue weighted by Gasteiger charge is -2.17. The zero-order chi connectivity index (χ0) is 33.0. The molecule has 46 heavy (non-hydrogen) atoms. The van der Waals surface area contributed by atoms with Gasteiger partial charge >= 0.3 is 5.97 Å². The van der Waals surface area contributed by atoms with Crippen LogP contribution in [-0.2, 0) is 34.8 Å². The maximum atomic E-state index is 13.2. The Morgan fingerprint density at radius 3 is 2.57 bits per heavy atom. The molecule has 0 saturated heterocycles. The molecule has 5 rings (SSSR count). The molecule has 0 aliphatic carbocycles. The lowest BCUT2D eigenvalue weighted by Crippen LogP contribution is -2.29. The number of aromatic nitrogens is 3. The molecule has 0 fully saturated rings. The maximum absolute atomic E-state index is 13.2. The highest BCUT2D eigenvalue weighted by atomic mass is 35.5. The molecule has 244 valence electrons. The predicted octanol–water partition coefficient (Wildman–Crippen LogP) is 7.26. The standard InChI is InChI=1S/C34H38Cl2N4O5S/c1-5-44-34(41)33-25(14-9-19-45-29-15-8-12-23-11-6-7-13-24(23)29)26-16-17-27(36)31(32(26)37-33)30-22(2)40(4)38-28(30)21-39(3)46(42,43)20-10-18-35/h6-8,11-13,15-17,37H,5,9-10,14,18-21H2,1-4H3. The molecule has 0 amide bonds. The van der Waals surface area contributed by atoms with Gasteiger partial charge < -0.3 is 14.5 Å². The van der Waals surface area contributed by atoms with E-state index in [2.05, 4.69) is 22.2 Å². The summed E-state index contributed by atoms with van der Waals surface area (Å²) in [5.41, 5.74) is 4.52. The van der Waals surface area contributed by atoms with Crippen LogP contribution in [0.15, 0.2) is 54.6 Å². The van der Waals surface area contributed by atoms with Crippen LogP contribution < -0.4 is 4.74 Å². The second-order valence-electron chi connectivity index (χ2n) is 11.1. The molecular weight excluding hydrogens is 647 g/mol. The number of aromatic amines is 1. The number of esters is 1. The number of nitrogens with zero attached hydrogens (tertiary/aromatic N) is 3. The summed E-state index contributed by atoms with van der Waals surface area (Å²) in [6.07, 6.45) is 1.53. The van der Waals surface area contributed by atoms with Crippen molar-refractivity contribution in [1.29, 1.82) is 0 Å². The SMILES string of the molecule is CCOC(=O)c1[nH]c2c(-c3c(CN(C)S(=O)(=O)CCCCl)nn(C)c3C)c(Cl)ccc2c1CCCOc1cccc2ccccc12. The molecule has 9 nitrogen and oxygen atoms in total. The number of ether oxygens (including phenoxy) is 2. The molecule has 0 atom stereocenters. The summed E-state index contributed by atoms with van der Waals surface area (Å²) in [6.45, 7) is 4.38. The Morgan fingerprint density at radius 2 is 1.80 bits per heavy atom. The third-order valence-corrected chi connectivity index (χ3v) is 10.6. The van der Waals surface area contributed by atoms with Crippen LogP contribution in [0.1, 0.15) is 47.2 Å². The Labute approximate surface area is 279 Å². The number of sulfonamides is 1. The first-order valence-corrected chi connectivity index (χ1v) is 17.7. The van der Waals surface area contributed by atoms with Crippen LogP contribution in [0.4, 0.5) is 0 Å². The van der Waals surface area contributed by atoms with Crippen LogP contribution in [0.25, 0.3) is 32.8 Å². The van der Waals surface area contributed by atoms with Gasteiger partial charge in [0.1, 0.15) is 11.4 Å². The average molecular weight is 686 g/mol. The highest BCUT2D eigenvalue weighted by molar-refractivity contribution is 7.89. The fraction of sp³-hybridized carbons (Fsp3) is 0.353. The van der Waals surface area contributed by atoms with Gasteiger partial charge in [0.05, 0.1) is 41.7 Å². The van der Waals surface area contributed by atoms with Crippen molar-refractivity contribution in [3.63, 3.8) is 0 Å². The molecule has 1 N–H and O–H groups in total. The molecule has 12 heteroatoms. The van der Waals surface area contributed by atoms with Crippen LogP contribution >= 0.6 is 23.2 Å². The largest absolute Gasteiger partial charge is 0.493 e. The Bertz CT molecular complexity index is 1980. The zero-order valence-electron chi connectivity index (χ0n) is 26.4. The number of carbonyl (C=O) groups is 1. The number of nitrogens with one attached hydrogen (secondary N) is 1. The minimum Gasteiger partial charge on any atom is -0.493 e. The number of H-pyrrole nitrogens is 1. The number of carbonyl (C=O) groups excluding carboxylic acids is 1. The monoisotopic (exact) mass is 684 g/mol. The van der Waals surface area contributed by atoms with Crippen molar-refractivity contribution >= 4 is 60.9 Å². The Morgan fingerprint density at radius 1 is 1.04 bits per heavy atom. The Hall–Kier alpha value is -3.57. The van der Waals surface area contributed by atoms with Crippen molar-refractivity contribution in [2.45, 2.75) is 39.7 Å². The topological polar surface area (TPSA) is 107 Å². The van der Waals surface area contributed by atoms with Gasteiger partial charge in [0.15, 0.2) is 0 Å². The van der Waals surface area contributed by atoms with Crippen LogP contribution in [0.5, 0.6) is 5.75 Å². The van der Waals surface area contributed by atoms with Crippen LogP contribution in [0.2, 0.25) is 5.02 Å². The minimum absolute atomic E-state index is 0.0398. The zero-order valence-corrected chi connectivity index (χ0v) is 28.7. The third kappa shape index (κ3) is 6.90. The highest BCUT2D eigenvalue weighted by Crippen LogP contribution is 2.41. The van der Waals surface area contributed by atoms with Gasteiger partial charge in [-0.05, 0) is 56.2 Å². The summed E-state index contributed by atoms with van der Waals surface area (Å²) >= 11 is 12.7. The molecule has 3 aromatic carbocycles. The van der Waals surface area contributed by atoms with Gasteiger partial charge in [0.25, 0.3) is 0 Å². The normalized spacial score (nSPS) is 12.0. The molecular formula is C34H38Cl2N4O5S. The maximum Gasteiger partial charge on any atom is 0.355 e. The highest BCUT2D eigenvalue weighted by Gasteiger charge is 2.27. The molecule has 0 unspecified atom stereocenters. The van der Waals surface area contributed by atoms with Crippen LogP contribution in [-0.4, -0.2) is 65.4 Å². The summed E-state index contributed by atoms with van der Waals surface area (Å²) < 4.78 is 40.5. The van der Waals surface area contributed by atoms with Crippen molar-refractivity contribution in [2.75, 3.05) is 31.9 Å². The number of benzene rings is 3. The van der Waals surface area contributed by atoms with E-state index in [0.717, 1.165) is 33.2 Å². The number of fused-ring (bicyclic) bond motifs is 2. The smallest absolute Gasteiger partial charge is 0.355 e. The number of rotatable bonds is 14. The molecule has 2 aromatic heterocycles. The Kier molecular flexibility index (Phi) is 10.6. The van der Waals surface area contributed by atoms with Crippen molar-refractivity contribution in [1.82, 2.24) is 19.1 Å². The van der Waals surface area contributed by atoms with Crippen LogP contribution in [0.3, 0.4) is 0 Å². The van der Waals surface area contributed by atoms with Gasteiger partial charge in [-0.1, -0.05) is 54.1 Å². The van der Waals surface area contributed by atoms with E-state index < -0.39 is 16.0 Å². The van der Waals surface area contributed by atoms with Crippen molar-refractivity contribution in [3.05, 3.63) is 82.3 Å². The van der Waals surface area contributed by atoms with Crippen molar-refractivity contribution < 1.29 is 22.7 Å². The molecule has 0 saturated carbocycles. The number of alkyl halides is 1. The first kappa shape index (κ1) is 33.8. The minimum atomic E-state index is -3.56. The summed E-state index contributed by atoms with van der Waals surface area (Å²) in [4.78, 5) is 16.6. The molecule has 0 aliphatic heterocycles. The first-order valence-electron chi connectivity index (χ1n) is 15.2. The summed E-state index contributed by atoms with van der Waals surface area (Å²) in [5.74, 6) is 0.550. The van der Waals surface area contributed by atoms with E-state index >= 15 is 0 Å². The summed E-state index contributed by atoms with van der Waals surface area (Å²) in [5, 5.41) is 8.10. The fourth-order valence-electron chi connectivity index (χ4n) is 5.74. The second kappa shape index (κ2) is 14.5. The number of hydrogen-bond acceptors (Lipinski definition) is 6. The fourth-order valence-corrected chi connectivity index (χ4v) is 7.43. The molecule has 0 radical (unpaired) electrons. The summed E-state index contributed by atoms with van der Waals surface area (Å²) in [6, 6.07) is 17.8. The molecule has 0 bridgehead atoms. The van der Waals surface area contributed by atoms with Crippen molar-refractivity contribution in [3.8, 4) is 16.9 Å². The quantitative estimate of drug-likeness (QED) is 0.0750. The lowest BCUT2D eigenvalue weighted by molar-refractivity contribution is 0.0519. The van der Waals surface area contributed by atoms with Crippen molar-refractivity contribution in [2.24, 2.45) is 7.05 Å². The van der Waals surface area contributed by atoms with Gasteiger partial charge in [-0.2, -0.15) is 9.40 Å². The molecule has 0 spiro atoms. The third-order valence-electron chi connectivity index (χ3n) is 8.13. The van der Waals surface area contributed by atoms with E-state index in [4.69, 9.17) is 32.7 Å². The Balaban J connectivity index is 1.51. The number of hydrogen-bond donors (Lipinski definition) is 1. The van der Waals surface area contributed by atoms with Crippen LogP contribution in [0, 0.1) is 6.92 Å². The van der Waals surface area contributed by atoms with E-state index in [1.54, 1.807) is 24.7 Å².